The molecule has 2 aliphatic rings. The van der Waals surface area contributed by atoms with Crippen LogP contribution in [0.2, 0.25) is 0 Å². The third-order valence-corrected chi connectivity index (χ3v) is 6.73. The highest BCUT2D eigenvalue weighted by Crippen LogP contribution is 2.31. The molecule has 1 atom stereocenters. The van der Waals surface area contributed by atoms with Crippen LogP contribution in [0.5, 0.6) is 5.75 Å². The van der Waals surface area contributed by atoms with Gasteiger partial charge in [0.1, 0.15) is 5.75 Å². The number of carbonyl (C=O) groups is 1. The monoisotopic (exact) mass is 576 g/mol. The number of aromatic hydroxyl groups is 1. The number of phenols is 1. The van der Waals surface area contributed by atoms with Crippen LogP contribution in [0, 0.1) is 5.92 Å². The average Bonchev–Trinajstić information content (AvgIpc) is 3.20. The number of fused-ring (bicyclic) bond motifs is 1. The van der Waals surface area contributed by atoms with Gasteiger partial charge in [-0.1, -0.05) is 36.4 Å². The minimum absolute atomic E-state index is 0. The van der Waals surface area contributed by atoms with E-state index in [9.17, 15) is 9.90 Å². The summed E-state index contributed by atoms with van der Waals surface area (Å²) in [5.41, 5.74) is 4.84. The Bertz CT molecular complexity index is 980. The number of benzene rings is 2. The van der Waals surface area contributed by atoms with Crippen molar-refractivity contribution in [3.8, 4) is 5.75 Å². The molecule has 2 aromatic rings. The molecule has 3 N–H and O–H groups in total. The molecule has 0 spiro atoms. The average molecular weight is 577 g/mol. The zero-order valence-corrected chi connectivity index (χ0v) is 22.4. The van der Waals surface area contributed by atoms with E-state index >= 15 is 0 Å². The molecule has 0 bridgehead atoms. The van der Waals surface area contributed by atoms with E-state index in [1.165, 1.54) is 29.5 Å². The molecule has 6 nitrogen and oxygen atoms in total. The van der Waals surface area contributed by atoms with Gasteiger partial charge in [0.15, 0.2) is 5.96 Å². The maximum atomic E-state index is 12.5. The number of carbonyl (C=O) groups excluding carboxylic acids is 1. The molecule has 0 radical (unpaired) electrons. The molecule has 4 rings (SSSR count). The maximum Gasteiger partial charge on any atom is 0.223 e. The van der Waals surface area contributed by atoms with Crippen LogP contribution in [0.4, 0.5) is 0 Å². The van der Waals surface area contributed by atoms with E-state index in [1.807, 2.05) is 36.1 Å². The van der Waals surface area contributed by atoms with Crippen molar-refractivity contribution in [3.63, 3.8) is 0 Å². The molecule has 1 aliphatic carbocycles. The molecular weight excluding hydrogens is 539 g/mol. The highest BCUT2D eigenvalue weighted by molar-refractivity contribution is 14.0. The van der Waals surface area contributed by atoms with Crippen LogP contribution < -0.4 is 10.6 Å². The topological polar surface area (TPSA) is 77.0 Å². The first-order valence-corrected chi connectivity index (χ1v) is 12.3. The molecule has 34 heavy (non-hydrogen) atoms. The number of nitrogens with one attached hydrogen (secondary N) is 2. The number of hydrogen-bond donors (Lipinski definition) is 3. The number of halogens is 1. The van der Waals surface area contributed by atoms with Gasteiger partial charge in [0, 0.05) is 44.1 Å². The van der Waals surface area contributed by atoms with E-state index < -0.39 is 0 Å². The van der Waals surface area contributed by atoms with E-state index in [-0.39, 0.29) is 35.8 Å². The number of guanidine groups is 1. The number of phenolic OH excluding ortho intramolecular Hbond substituents is 1. The van der Waals surface area contributed by atoms with Gasteiger partial charge in [0.05, 0.1) is 6.54 Å². The van der Waals surface area contributed by atoms with Gasteiger partial charge >= 0.3 is 0 Å². The van der Waals surface area contributed by atoms with Gasteiger partial charge in [-0.25, -0.2) is 4.99 Å². The van der Waals surface area contributed by atoms with Crippen molar-refractivity contribution in [2.24, 2.45) is 10.9 Å². The van der Waals surface area contributed by atoms with Gasteiger partial charge in [0.2, 0.25) is 5.91 Å². The zero-order valence-electron chi connectivity index (χ0n) is 20.1. The minimum atomic E-state index is 0. The molecule has 1 heterocycles. The van der Waals surface area contributed by atoms with Crippen LogP contribution >= 0.6 is 24.0 Å². The number of amides is 1. The number of aryl methyl sites for hydroxylation is 1. The number of hydrogen-bond acceptors (Lipinski definition) is 3. The van der Waals surface area contributed by atoms with Crippen LogP contribution in [0.15, 0.2) is 47.5 Å². The number of likely N-dealkylation sites (tertiary alicyclic amines) is 1. The normalized spacial score (nSPS) is 17.8. The molecule has 1 unspecified atom stereocenters. The SMILES string of the molecule is CCNC(=NCc1c(O)ccc2c1CCCC2)NCC1CC(=O)N(CCc2ccccc2)C1.I. The Kier molecular flexibility index (Phi) is 10.0. The number of nitrogens with zero attached hydrogens (tertiary/aromatic N) is 2. The highest BCUT2D eigenvalue weighted by Gasteiger charge is 2.29. The van der Waals surface area contributed by atoms with Crippen molar-refractivity contribution in [1.29, 1.82) is 0 Å². The molecule has 0 saturated carbocycles. The van der Waals surface area contributed by atoms with E-state index in [1.54, 1.807) is 0 Å². The second-order valence-electron chi connectivity index (χ2n) is 9.13. The Hall–Kier alpha value is -2.29. The van der Waals surface area contributed by atoms with Crippen molar-refractivity contribution >= 4 is 35.8 Å². The van der Waals surface area contributed by atoms with Gasteiger partial charge in [-0.15, -0.1) is 24.0 Å². The van der Waals surface area contributed by atoms with Crippen LogP contribution in [0.1, 0.15) is 48.4 Å². The number of aliphatic imine (C=N–C) groups is 1. The first-order valence-electron chi connectivity index (χ1n) is 12.3. The van der Waals surface area contributed by atoms with Crippen molar-refractivity contribution in [2.75, 3.05) is 26.2 Å². The summed E-state index contributed by atoms with van der Waals surface area (Å²) in [6, 6.07) is 14.2. The Balaban J connectivity index is 0.00000324. The predicted molar refractivity (Wildman–Crippen MR) is 148 cm³/mol. The summed E-state index contributed by atoms with van der Waals surface area (Å²) in [7, 11) is 0. The summed E-state index contributed by atoms with van der Waals surface area (Å²) < 4.78 is 0. The lowest BCUT2D eigenvalue weighted by molar-refractivity contribution is -0.127. The predicted octanol–water partition coefficient (Wildman–Crippen LogP) is 4.04. The first kappa shape index (κ1) is 26.3. The van der Waals surface area contributed by atoms with Gasteiger partial charge in [-0.2, -0.15) is 0 Å². The quantitative estimate of drug-likeness (QED) is 0.252. The van der Waals surface area contributed by atoms with Gasteiger partial charge < -0.3 is 20.6 Å². The summed E-state index contributed by atoms with van der Waals surface area (Å²) in [4.78, 5) is 19.2. The Labute approximate surface area is 220 Å². The van der Waals surface area contributed by atoms with Crippen molar-refractivity contribution in [2.45, 2.75) is 52.0 Å². The second-order valence-corrected chi connectivity index (χ2v) is 9.13. The van der Waals surface area contributed by atoms with Crippen LogP contribution in [0.3, 0.4) is 0 Å². The minimum Gasteiger partial charge on any atom is -0.508 e. The molecule has 184 valence electrons. The number of rotatable bonds is 8. The summed E-state index contributed by atoms with van der Waals surface area (Å²) in [5, 5.41) is 17.2. The molecule has 1 amide bonds. The van der Waals surface area contributed by atoms with E-state index in [0.29, 0.717) is 25.3 Å². The largest absolute Gasteiger partial charge is 0.508 e. The molecule has 1 fully saturated rings. The van der Waals surface area contributed by atoms with Gasteiger partial charge in [-0.3, -0.25) is 4.79 Å². The fourth-order valence-electron chi connectivity index (χ4n) is 4.92. The smallest absolute Gasteiger partial charge is 0.223 e. The maximum absolute atomic E-state index is 12.5. The fourth-order valence-corrected chi connectivity index (χ4v) is 4.92. The highest BCUT2D eigenvalue weighted by atomic mass is 127. The second kappa shape index (κ2) is 13.0. The summed E-state index contributed by atoms with van der Waals surface area (Å²) in [6.07, 6.45) is 5.95. The van der Waals surface area contributed by atoms with Crippen molar-refractivity contribution < 1.29 is 9.90 Å². The Morgan fingerprint density at radius 3 is 2.71 bits per heavy atom. The summed E-state index contributed by atoms with van der Waals surface area (Å²) >= 11 is 0. The third-order valence-electron chi connectivity index (χ3n) is 6.73. The van der Waals surface area contributed by atoms with Crippen LogP contribution in [-0.2, 0) is 30.6 Å². The molecule has 7 heteroatoms. The molecule has 2 aromatic carbocycles. The Morgan fingerprint density at radius 2 is 1.91 bits per heavy atom. The molecular formula is C27H37IN4O2. The Morgan fingerprint density at radius 1 is 1.12 bits per heavy atom. The third kappa shape index (κ3) is 6.87. The molecule has 0 aromatic heterocycles. The van der Waals surface area contributed by atoms with Crippen molar-refractivity contribution in [1.82, 2.24) is 15.5 Å². The van der Waals surface area contributed by atoms with E-state index in [0.717, 1.165) is 50.4 Å². The molecule has 1 saturated heterocycles. The van der Waals surface area contributed by atoms with E-state index in [4.69, 9.17) is 4.99 Å². The summed E-state index contributed by atoms with van der Waals surface area (Å²) in [5.74, 6) is 1.58. The lowest BCUT2D eigenvalue weighted by Crippen LogP contribution is -2.40. The lowest BCUT2D eigenvalue weighted by Gasteiger charge is -2.20. The van der Waals surface area contributed by atoms with E-state index in [2.05, 4.69) is 28.8 Å². The van der Waals surface area contributed by atoms with Crippen LogP contribution in [0.25, 0.3) is 0 Å². The first-order chi connectivity index (χ1) is 16.1. The lowest BCUT2D eigenvalue weighted by atomic mass is 9.88. The van der Waals surface area contributed by atoms with Crippen LogP contribution in [-0.4, -0.2) is 48.1 Å². The standard InChI is InChI=1S/C27H36N4O2.HI/c1-2-28-27(30-18-24-23-11-7-6-10-22(23)12-13-25(24)32)29-17-21-16-26(33)31(19-21)15-14-20-8-4-3-5-9-20;/h3-5,8-9,12-13,21,32H,2,6-7,10-11,14-19H2,1H3,(H2,28,29,30);1H. The fraction of sp³-hybridized carbons (Fsp3) is 0.481. The van der Waals surface area contributed by atoms with Gasteiger partial charge in [-0.05, 0) is 61.8 Å². The summed E-state index contributed by atoms with van der Waals surface area (Å²) in [6.45, 7) is 5.52. The zero-order chi connectivity index (χ0) is 23.0. The van der Waals surface area contributed by atoms with Crippen molar-refractivity contribution in [3.05, 3.63) is 64.7 Å². The van der Waals surface area contributed by atoms with Gasteiger partial charge in [0.25, 0.3) is 0 Å². The molecule has 1 aliphatic heterocycles.